The van der Waals surface area contributed by atoms with Gasteiger partial charge in [-0.15, -0.1) is 0 Å². The average Bonchev–Trinajstić information content (AvgIpc) is 3.10. The summed E-state index contributed by atoms with van der Waals surface area (Å²) in [6.07, 6.45) is 3.28. The van der Waals surface area contributed by atoms with Gasteiger partial charge in [0.05, 0.1) is 24.4 Å². The number of fused-ring (bicyclic) bond motifs is 1. The van der Waals surface area contributed by atoms with Crippen molar-refractivity contribution >= 4 is 32.6 Å². The first-order valence-electron chi connectivity index (χ1n) is 6.43. The van der Waals surface area contributed by atoms with Crippen LogP contribution in [0.1, 0.15) is 10.6 Å². The Kier molecular flexibility index (Phi) is 3.68. The van der Waals surface area contributed by atoms with E-state index < -0.39 is 0 Å². The van der Waals surface area contributed by atoms with Crippen LogP contribution in [0.2, 0.25) is 0 Å². The first-order chi connectivity index (χ1) is 10.6. The van der Waals surface area contributed by atoms with Gasteiger partial charge in [-0.2, -0.15) is 0 Å². The van der Waals surface area contributed by atoms with Crippen molar-refractivity contribution in [2.45, 2.75) is 0 Å². The molecule has 2 heterocycles. The van der Waals surface area contributed by atoms with Crippen LogP contribution in [0.25, 0.3) is 10.2 Å². The zero-order valence-corrected chi connectivity index (χ0v) is 13.1. The summed E-state index contributed by atoms with van der Waals surface area (Å²) < 4.78 is 13.1. The fourth-order valence-electron chi connectivity index (χ4n) is 2.05. The summed E-state index contributed by atoms with van der Waals surface area (Å²) in [7, 11) is 4.91. The highest BCUT2D eigenvalue weighted by atomic mass is 32.1. The molecule has 1 aromatic carbocycles. The molecule has 0 saturated heterocycles. The summed E-state index contributed by atoms with van der Waals surface area (Å²) in [5.74, 6) is 1.25. The Morgan fingerprint density at radius 2 is 2.00 bits per heavy atom. The first kappa shape index (κ1) is 14.3. The lowest BCUT2D eigenvalue weighted by Crippen LogP contribution is -2.16. The topological polar surface area (TPSA) is 78.3 Å². The third kappa shape index (κ3) is 2.48. The first-order valence-corrected chi connectivity index (χ1v) is 7.25. The number of anilines is 1. The molecule has 0 aliphatic rings. The SMILES string of the molecule is COc1cc2nc(NC(=O)c3nccn3C)sc2cc1OC. The Bertz CT molecular complexity index is 799. The van der Waals surface area contributed by atoms with Crippen LogP contribution in [0, 0.1) is 0 Å². The molecule has 0 fully saturated rings. The predicted octanol–water partition coefficient (Wildman–Crippen LogP) is 2.30. The van der Waals surface area contributed by atoms with Crippen molar-refractivity contribution in [3.63, 3.8) is 0 Å². The second-order valence-corrected chi connectivity index (χ2v) is 5.54. The van der Waals surface area contributed by atoms with Gasteiger partial charge in [0, 0.05) is 31.6 Å². The number of rotatable bonds is 4. The number of ether oxygens (including phenoxy) is 2. The Morgan fingerprint density at radius 3 is 2.64 bits per heavy atom. The van der Waals surface area contributed by atoms with Crippen molar-refractivity contribution in [3.05, 3.63) is 30.4 Å². The number of imidazole rings is 1. The van der Waals surface area contributed by atoms with Gasteiger partial charge in [0.1, 0.15) is 0 Å². The number of nitrogens with zero attached hydrogens (tertiary/aromatic N) is 3. The van der Waals surface area contributed by atoms with E-state index in [1.807, 2.05) is 6.07 Å². The zero-order chi connectivity index (χ0) is 15.7. The van der Waals surface area contributed by atoms with E-state index in [0.29, 0.717) is 22.5 Å². The molecule has 1 N–H and O–H groups in total. The smallest absolute Gasteiger partial charge is 0.293 e. The Balaban J connectivity index is 1.92. The fourth-order valence-corrected chi connectivity index (χ4v) is 2.92. The number of thiazole rings is 1. The van der Waals surface area contributed by atoms with Crippen LogP contribution in [-0.2, 0) is 7.05 Å². The number of aromatic nitrogens is 3. The molecular weight excluding hydrogens is 304 g/mol. The molecule has 0 spiro atoms. The van der Waals surface area contributed by atoms with E-state index in [2.05, 4.69) is 15.3 Å². The molecule has 0 aliphatic heterocycles. The van der Waals surface area contributed by atoms with Crippen LogP contribution in [-0.4, -0.2) is 34.7 Å². The van der Waals surface area contributed by atoms with Gasteiger partial charge >= 0.3 is 0 Å². The van der Waals surface area contributed by atoms with Crippen LogP contribution in [0.15, 0.2) is 24.5 Å². The number of carbonyl (C=O) groups excluding carboxylic acids is 1. The molecule has 0 atom stereocenters. The summed E-state index contributed by atoms with van der Waals surface area (Å²) >= 11 is 1.36. The second-order valence-electron chi connectivity index (χ2n) is 4.51. The number of hydrogen-bond acceptors (Lipinski definition) is 6. The average molecular weight is 318 g/mol. The molecule has 22 heavy (non-hydrogen) atoms. The Labute approximate surface area is 130 Å². The van der Waals surface area contributed by atoms with Crippen LogP contribution in [0.3, 0.4) is 0 Å². The van der Waals surface area contributed by atoms with Gasteiger partial charge in [-0.1, -0.05) is 11.3 Å². The van der Waals surface area contributed by atoms with Crippen molar-refractivity contribution in [1.29, 1.82) is 0 Å². The summed E-state index contributed by atoms with van der Waals surface area (Å²) in [6.45, 7) is 0. The van der Waals surface area contributed by atoms with Crippen molar-refractivity contribution in [3.8, 4) is 11.5 Å². The third-order valence-electron chi connectivity index (χ3n) is 3.14. The van der Waals surface area contributed by atoms with Gasteiger partial charge in [-0.05, 0) is 0 Å². The van der Waals surface area contributed by atoms with Crippen molar-refractivity contribution < 1.29 is 14.3 Å². The van der Waals surface area contributed by atoms with E-state index in [1.165, 1.54) is 11.3 Å². The summed E-state index contributed by atoms with van der Waals surface area (Å²) in [5.41, 5.74) is 0.734. The fraction of sp³-hybridized carbons (Fsp3) is 0.214. The quantitative estimate of drug-likeness (QED) is 0.798. The molecule has 2 aromatic heterocycles. The number of methoxy groups -OCH3 is 2. The molecule has 114 valence electrons. The summed E-state index contributed by atoms with van der Waals surface area (Å²) in [5, 5.41) is 3.25. The molecule has 0 radical (unpaired) electrons. The number of benzene rings is 1. The molecule has 3 rings (SSSR count). The van der Waals surface area contributed by atoms with E-state index >= 15 is 0 Å². The lowest BCUT2D eigenvalue weighted by Gasteiger charge is -2.05. The van der Waals surface area contributed by atoms with Gasteiger partial charge < -0.3 is 14.0 Å². The number of aryl methyl sites for hydroxylation is 1. The van der Waals surface area contributed by atoms with E-state index in [0.717, 1.165) is 10.2 Å². The molecule has 3 aromatic rings. The lowest BCUT2D eigenvalue weighted by atomic mass is 10.3. The minimum absolute atomic E-state index is 0.300. The Morgan fingerprint density at radius 1 is 1.27 bits per heavy atom. The highest BCUT2D eigenvalue weighted by Crippen LogP contribution is 2.36. The molecule has 0 bridgehead atoms. The van der Waals surface area contributed by atoms with Gasteiger partial charge in [-0.25, -0.2) is 9.97 Å². The number of carbonyl (C=O) groups is 1. The Hall–Kier alpha value is -2.61. The molecule has 8 heteroatoms. The summed E-state index contributed by atoms with van der Waals surface area (Å²) in [4.78, 5) is 20.5. The van der Waals surface area contributed by atoms with Gasteiger partial charge in [0.25, 0.3) is 5.91 Å². The maximum absolute atomic E-state index is 12.1. The van der Waals surface area contributed by atoms with Gasteiger partial charge in [-0.3, -0.25) is 10.1 Å². The minimum Gasteiger partial charge on any atom is -0.493 e. The third-order valence-corrected chi connectivity index (χ3v) is 4.07. The maximum atomic E-state index is 12.1. The largest absolute Gasteiger partial charge is 0.493 e. The van der Waals surface area contributed by atoms with Crippen LogP contribution in [0.4, 0.5) is 5.13 Å². The highest BCUT2D eigenvalue weighted by Gasteiger charge is 2.15. The molecule has 0 aliphatic carbocycles. The second kappa shape index (κ2) is 5.64. The monoisotopic (exact) mass is 318 g/mol. The predicted molar refractivity (Wildman–Crippen MR) is 83.9 cm³/mol. The van der Waals surface area contributed by atoms with Gasteiger partial charge in [0.2, 0.25) is 0 Å². The van der Waals surface area contributed by atoms with E-state index in [4.69, 9.17) is 9.47 Å². The maximum Gasteiger partial charge on any atom is 0.293 e. The van der Waals surface area contributed by atoms with Crippen molar-refractivity contribution in [2.75, 3.05) is 19.5 Å². The number of hydrogen-bond donors (Lipinski definition) is 1. The molecule has 7 nitrogen and oxygen atoms in total. The van der Waals surface area contributed by atoms with E-state index in [-0.39, 0.29) is 5.91 Å². The zero-order valence-electron chi connectivity index (χ0n) is 12.3. The number of amides is 1. The lowest BCUT2D eigenvalue weighted by molar-refractivity contribution is 0.101. The van der Waals surface area contributed by atoms with Crippen molar-refractivity contribution in [2.24, 2.45) is 7.05 Å². The molecule has 0 unspecified atom stereocenters. The number of nitrogens with one attached hydrogen (secondary N) is 1. The molecule has 0 saturated carbocycles. The standard InChI is InChI=1S/C14H14N4O3S/c1-18-5-4-15-12(18)13(19)17-14-16-8-6-9(20-2)10(21-3)7-11(8)22-14/h4-7H,1-3H3,(H,16,17,19). The summed E-state index contributed by atoms with van der Waals surface area (Å²) in [6, 6.07) is 3.61. The van der Waals surface area contributed by atoms with Crippen molar-refractivity contribution in [1.82, 2.24) is 14.5 Å². The van der Waals surface area contributed by atoms with Crippen LogP contribution >= 0.6 is 11.3 Å². The normalized spacial score (nSPS) is 10.7. The van der Waals surface area contributed by atoms with E-state index in [9.17, 15) is 4.79 Å². The molecular formula is C14H14N4O3S. The van der Waals surface area contributed by atoms with Crippen LogP contribution < -0.4 is 14.8 Å². The molecule has 1 amide bonds. The van der Waals surface area contributed by atoms with Crippen LogP contribution in [0.5, 0.6) is 11.5 Å². The minimum atomic E-state index is -0.300. The van der Waals surface area contributed by atoms with Gasteiger partial charge in [0.15, 0.2) is 22.5 Å². The highest BCUT2D eigenvalue weighted by molar-refractivity contribution is 7.22. The van der Waals surface area contributed by atoms with E-state index in [1.54, 1.807) is 44.3 Å².